The normalized spacial score (nSPS) is 16.3. The number of nitrogens with zero attached hydrogens (tertiary/aromatic N) is 10. The van der Waals surface area contributed by atoms with Crippen molar-refractivity contribution < 1.29 is 4.74 Å². The average molecular weight is 541 g/mol. The van der Waals surface area contributed by atoms with Crippen LogP contribution in [0.5, 0.6) is 0 Å². The Balaban J connectivity index is 1.34. The van der Waals surface area contributed by atoms with E-state index in [1.54, 1.807) is 12.5 Å². The maximum absolute atomic E-state index is 9.62. The molecule has 5 heterocycles. The summed E-state index contributed by atoms with van der Waals surface area (Å²) in [5.74, 6) is 0.822. The molecule has 0 bridgehead atoms. The molecule has 0 radical (unpaired) electrons. The molecule has 4 aromatic rings. The summed E-state index contributed by atoms with van der Waals surface area (Å²) in [6.07, 6.45) is 11.5. The molecule has 1 unspecified atom stereocenters. The van der Waals surface area contributed by atoms with Gasteiger partial charge in [0.1, 0.15) is 42.5 Å². The summed E-state index contributed by atoms with van der Waals surface area (Å²) >= 11 is 0. The van der Waals surface area contributed by atoms with Gasteiger partial charge in [0.25, 0.3) is 0 Å². The highest BCUT2D eigenvalue weighted by Gasteiger charge is 2.33. The average Bonchev–Trinajstić information content (AvgIpc) is 3.69. The minimum absolute atomic E-state index is 0.109. The molecule has 39 heavy (non-hydrogen) atoms. The largest absolute Gasteiger partial charge is 0.361 e. The van der Waals surface area contributed by atoms with Crippen LogP contribution in [-0.2, 0) is 11.5 Å². The molecule has 200 valence electrons. The Labute approximate surface area is 228 Å². The molecular formula is C27H32N10OSi. The van der Waals surface area contributed by atoms with Crippen LogP contribution in [0.3, 0.4) is 0 Å². The molecule has 0 aromatic carbocycles. The van der Waals surface area contributed by atoms with Crippen LogP contribution in [0, 0.1) is 28.6 Å². The molecule has 0 saturated carbocycles. The third-order valence-corrected chi connectivity index (χ3v) is 8.88. The van der Waals surface area contributed by atoms with Crippen LogP contribution in [0.15, 0.2) is 43.5 Å². The van der Waals surface area contributed by atoms with Crippen molar-refractivity contribution in [2.45, 2.75) is 51.3 Å². The van der Waals surface area contributed by atoms with Crippen molar-refractivity contribution in [3.63, 3.8) is 0 Å². The number of rotatable bonds is 10. The maximum atomic E-state index is 9.62. The summed E-state index contributed by atoms with van der Waals surface area (Å²) in [4.78, 5) is 19.5. The first kappa shape index (κ1) is 26.5. The first-order valence-electron chi connectivity index (χ1n) is 13.1. The van der Waals surface area contributed by atoms with Crippen molar-refractivity contribution in [1.82, 2.24) is 34.3 Å². The Kier molecular flexibility index (Phi) is 7.68. The van der Waals surface area contributed by atoms with Gasteiger partial charge in [-0.15, -0.1) is 0 Å². The van der Waals surface area contributed by atoms with Crippen molar-refractivity contribution in [2.75, 3.05) is 24.6 Å². The van der Waals surface area contributed by atoms with Crippen molar-refractivity contribution in [3.05, 3.63) is 49.1 Å². The SMILES string of the molecule is C[Si](C)(C)CCOCn1ccc2c(-c3cnn([C@@H](CC#N)C4CCN(c5ncncc5C#N)C4)c3)ncnc21. The molecule has 1 aliphatic heterocycles. The highest BCUT2D eigenvalue weighted by atomic mass is 28.3. The third-order valence-electron chi connectivity index (χ3n) is 7.18. The fraction of sp³-hybridized carbons (Fsp3) is 0.444. The van der Waals surface area contributed by atoms with Crippen molar-refractivity contribution in [1.29, 1.82) is 10.5 Å². The molecule has 2 atom stereocenters. The van der Waals surface area contributed by atoms with E-state index in [2.05, 4.69) is 61.7 Å². The number of ether oxygens (including phenoxy) is 1. The Morgan fingerprint density at radius 2 is 2.03 bits per heavy atom. The zero-order chi connectivity index (χ0) is 27.4. The third kappa shape index (κ3) is 5.82. The Morgan fingerprint density at radius 1 is 1.15 bits per heavy atom. The highest BCUT2D eigenvalue weighted by Crippen LogP contribution is 2.34. The van der Waals surface area contributed by atoms with E-state index in [4.69, 9.17) is 4.74 Å². The Morgan fingerprint density at radius 3 is 2.82 bits per heavy atom. The van der Waals surface area contributed by atoms with Gasteiger partial charge < -0.3 is 14.2 Å². The van der Waals surface area contributed by atoms with Gasteiger partial charge in [0.05, 0.1) is 36.6 Å². The monoisotopic (exact) mass is 540 g/mol. The molecule has 0 spiro atoms. The van der Waals surface area contributed by atoms with Crippen LogP contribution in [0.2, 0.25) is 25.7 Å². The zero-order valence-corrected chi connectivity index (χ0v) is 23.5. The van der Waals surface area contributed by atoms with E-state index in [9.17, 15) is 10.5 Å². The first-order chi connectivity index (χ1) is 18.9. The van der Waals surface area contributed by atoms with Gasteiger partial charge in [-0.1, -0.05) is 19.6 Å². The summed E-state index contributed by atoms with van der Waals surface area (Å²) in [5, 5.41) is 24.7. The van der Waals surface area contributed by atoms with Crippen molar-refractivity contribution in [3.8, 4) is 23.4 Å². The van der Waals surface area contributed by atoms with Gasteiger partial charge >= 0.3 is 0 Å². The molecular weight excluding hydrogens is 508 g/mol. The fourth-order valence-electron chi connectivity index (χ4n) is 5.04. The highest BCUT2D eigenvalue weighted by molar-refractivity contribution is 6.76. The summed E-state index contributed by atoms with van der Waals surface area (Å²) in [6.45, 7) is 9.66. The van der Waals surface area contributed by atoms with Crippen LogP contribution in [0.4, 0.5) is 5.82 Å². The lowest BCUT2D eigenvalue weighted by Crippen LogP contribution is -2.26. The number of fused-ring (bicyclic) bond motifs is 1. The molecule has 1 fully saturated rings. The van der Waals surface area contributed by atoms with Gasteiger partial charge in [-0.05, 0) is 18.5 Å². The maximum Gasteiger partial charge on any atom is 0.149 e. The van der Waals surface area contributed by atoms with Crippen LogP contribution in [0.1, 0.15) is 24.4 Å². The van der Waals surface area contributed by atoms with Crippen LogP contribution >= 0.6 is 0 Å². The van der Waals surface area contributed by atoms with E-state index < -0.39 is 8.07 Å². The summed E-state index contributed by atoms with van der Waals surface area (Å²) < 4.78 is 9.84. The second-order valence-corrected chi connectivity index (χ2v) is 16.7. The topological polar surface area (TPSA) is 134 Å². The summed E-state index contributed by atoms with van der Waals surface area (Å²) in [5.41, 5.74) is 2.95. The van der Waals surface area contributed by atoms with Crippen LogP contribution in [-0.4, -0.2) is 62.1 Å². The molecule has 12 heteroatoms. The van der Waals surface area contributed by atoms with Crippen molar-refractivity contribution in [2.24, 2.45) is 5.92 Å². The van der Waals surface area contributed by atoms with Crippen LogP contribution in [0.25, 0.3) is 22.3 Å². The van der Waals surface area contributed by atoms with E-state index in [1.807, 2.05) is 27.7 Å². The van der Waals surface area contributed by atoms with Crippen molar-refractivity contribution >= 4 is 24.9 Å². The Bertz CT molecular complexity index is 1530. The van der Waals surface area contributed by atoms with Gasteiger partial charge in [-0.3, -0.25) is 4.68 Å². The minimum atomic E-state index is -1.15. The standard InChI is InChI=1S/C27H32N10OSi/c1-39(2,3)11-10-38-19-36-9-6-23-25(31-18-33-27(23)36)22-14-34-37(16-22)24(4-7-28)20-5-8-35(15-20)26-21(12-29)13-30-17-32-26/h6,9,13-14,16-18,20,24H,4-5,8,10-11,15,19H2,1-3H3/t20?,24-/m0/s1. The molecule has 5 rings (SSSR count). The number of nitriles is 2. The second kappa shape index (κ2) is 11.3. The number of hydrogen-bond acceptors (Lipinski definition) is 9. The molecule has 0 amide bonds. The number of aromatic nitrogens is 7. The summed E-state index contributed by atoms with van der Waals surface area (Å²) in [6, 6.07) is 7.54. The van der Waals surface area contributed by atoms with E-state index in [-0.39, 0.29) is 12.0 Å². The Hall–Kier alpha value is -4.13. The van der Waals surface area contributed by atoms with E-state index >= 15 is 0 Å². The van der Waals surface area contributed by atoms with Gasteiger partial charge in [0.15, 0.2) is 0 Å². The van der Waals surface area contributed by atoms with Gasteiger partial charge in [0.2, 0.25) is 0 Å². The van der Waals surface area contributed by atoms with Gasteiger partial charge in [-0.2, -0.15) is 15.6 Å². The van der Waals surface area contributed by atoms with Gasteiger partial charge in [0, 0.05) is 57.0 Å². The lowest BCUT2D eigenvalue weighted by molar-refractivity contribution is 0.0899. The van der Waals surface area contributed by atoms with E-state index in [0.29, 0.717) is 31.1 Å². The first-order valence-corrected chi connectivity index (χ1v) is 16.8. The molecule has 0 aliphatic carbocycles. The molecule has 1 aliphatic rings. The van der Waals surface area contributed by atoms with E-state index in [0.717, 1.165) is 47.9 Å². The number of hydrogen-bond donors (Lipinski definition) is 0. The van der Waals surface area contributed by atoms with Crippen LogP contribution < -0.4 is 4.90 Å². The molecule has 0 N–H and O–H groups in total. The lowest BCUT2D eigenvalue weighted by Gasteiger charge is -2.23. The molecule has 11 nitrogen and oxygen atoms in total. The predicted molar refractivity (Wildman–Crippen MR) is 149 cm³/mol. The lowest BCUT2D eigenvalue weighted by atomic mass is 9.96. The quantitative estimate of drug-likeness (QED) is 0.214. The smallest absolute Gasteiger partial charge is 0.149 e. The zero-order valence-electron chi connectivity index (χ0n) is 22.5. The number of anilines is 1. The second-order valence-electron chi connectivity index (χ2n) is 11.1. The predicted octanol–water partition coefficient (Wildman–Crippen LogP) is 4.25. The minimum Gasteiger partial charge on any atom is -0.361 e. The molecule has 4 aromatic heterocycles. The van der Waals surface area contributed by atoms with E-state index in [1.165, 1.54) is 12.5 Å². The summed E-state index contributed by atoms with van der Waals surface area (Å²) in [7, 11) is -1.15. The fourth-order valence-corrected chi connectivity index (χ4v) is 5.80. The molecule has 1 saturated heterocycles. The van der Waals surface area contributed by atoms with Gasteiger partial charge in [-0.25, -0.2) is 19.9 Å².